The van der Waals surface area contributed by atoms with E-state index in [2.05, 4.69) is 14.9 Å². The summed E-state index contributed by atoms with van der Waals surface area (Å²) >= 11 is 2.34. The summed E-state index contributed by atoms with van der Waals surface area (Å²) in [6, 6.07) is 8.39. The highest BCUT2D eigenvalue weighted by atomic mass is 32.1. The maximum absolute atomic E-state index is 14.8. The van der Waals surface area contributed by atoms with Crippen LogP contribution in [0.1, 0.15) is 48.6 Å². The molecule has 0 saturated carbocycles. The van der Waals surface area contributed by atoms with Crippen molar-refractivity contribution in [3.8, 4) is 0 Å². The maximum Gasteiger partial charge on any atom is 0.280 e. The van der Waals surface area contributed by atoms with Crippen LogP contribution in [-0.4, -0.2) is 26.9 Å². The molecule has 3 aromatic rings. The van der Waals surface area contributed by atoms with Crippen molar-refractivity contribution in [1.29, 1.82) is 0 Å². The first-order valence-electron chi connectivity index (χ1n) is 9.04. The van der Waals surface area contributed by atoms with Gasteiger partial charge in [0.05, 0.1) is 5.69 Å². The van der Waals surface area contributed by atoms with Crippen molar-refractivity contribution in [3.05, 3.63) is 63.5 Å². The molecule has 9 heteroatoms. The minimum Gasteiger partial charge on any atom is -0.349 e. The van der Waals surface area contributed by atoms with Crippen LogP contribution in [0.2, 0.25) is 0 Å². The Bertz CT molecular complexity index is 974. The summed E-state index contributed by atoms with van der Waals surface area (Å²) in [7, 11) is 0. The second kappa shape index (κ2) is 8.79. The van der Waals surface area contributed by atoms with Crippen LogP contribution in [-0.2, 0) is 4.79 Å². The lowest BCUT2D eigenvalue weighted by atomic mass is 10.0. The number of anilines is 1. The molecule has 1 atom stereocenters. The van der Waals surface area contributed by atoms with Crippen LogP contribution in [0.25, 0.3) is 0 Å². The van der Waals surface area contributed by atoms with Crippen LogP contribution in [0.4, 0.5) is 10.1 Å². The van der Waals surface area contributed by atoms with Gasteiger partial charge < -0.3 is 5.32 Å². The number of hydrogen-bond acceptors (Lipinski definition) is 6. The third-order valence-corrected chi connectivity index (χ3v) is 6.00. The van der Waals surface area contributed by atoms with Gasteiger partial charge in [-0.1, -0.05) is 29.6 Å². The molecule has 0 saturated heterocycles. The van der Waals surface area contributed by atoms with Crippen LogP contribution in [0.5, 0.6) is 0 Å². The van der Waals surface area contributed by atoms with Crippen molar-refractivity contribution < 1.29 is 14.0 Å². The molecule has 0 aliphatic rings. The van der Waals surface area contributed by atoms with Gasteiger partial charge in [0.25, 0.3) is 5.91 Å². The minimum atomic E-state index is -1.05. The molecule has 0 spiro atoms. The molecule has 0 radical (unpaired) electrons. The third-order valence-electron chi connectivity index (χ3n) is 4.57. The average Bonchev–Trinajstić information content (AvgIpc) is 3.40. The Balaban J connectivity index is 2.14. The van der Waals surface area contributed by atoms with Crippen molar-refractivity contribution in [2.75, 3.05) is 4.90 Å². The number of benzene rings is 1. The Morgan fingerprint density at radius 2 is 2.00 bits per heavy atom. The summed E-state index contributed by atoms with van der Waals surface area (Å²) in [5.41, 5.74) is -0.422. The molecule has 0 fully saturated rings. The Hall–Kier alpha value is -2.65. The van der Waals surface area contributed by atoms with Gasteiger partial charge in [-0.25, -0.2) is 4.39 Å². The summed E-state index contributed by atoms with van der Waals surface area (Å²) in [5, 5.41) is 10.1. The van der Waals surface area contributed by atoms with E-state index in [1.165, 1.54) is 39.8 Å². The van der Waals surface area contributed by atoms with Crippen molar-refractivity contribution in [2.45, 2.75) is 38.8 Å². The van der Waals surface area contributed by atoms with Gasteiger partial charge in [0.2, 0.25) is 5.91 Å². The van der Waals surface area contributed by atoms with Gasteiger partial charge in [-0.2, -0.15) is 0 Å². The Morgan fingerprint density at radius 1 is 1.24 bits per heavy atom. The highest BCUT2D eigenvalue weighted by molar-refractivity contribution is 7.10. The van der Waals surface area contributed by atoms with Crippen LogP contribution in [0.15, 0.2) is 47.2 Å². The lowest BCUT2D eigenvalue weighted by Gasteiger charge is -2.33. The van der Waals surface area contributed by atoms with E-state index in [0.717, 1.165) is 11.5 Å². The normalized spacial score (nSPS) is 12.4. The van der Waals surface area contributed by atoms with Crippen molar-refractivity contribution in [3.63, 3.8) is 0 Å². The minimum absolute atomic E-state index is 0.00774. The van der Waals surface area contributed by atoms with Crippen molar-refractivity contribution >= 4 is 40.4 Å². The van der Waals surface area contributed by atoms with E-state index in [0.29, 0.717) is 11.3 Å². The Kier molecular flexibility index (Phi) is 6.39. The number of carbonyl (C=O) groups excluding carboxylic acids is 2. The summed E-state index contributed by atoms with van der Waals surface area (Å²) in [6.45, 7) is 5.76. The summed E-state index contributed by atoms with van der Waals surface area (Å²) < 4.78 is 18.5. The largest absolute Gasteiger partial charge is 0.349 e. The van der Waals surface area contributed by atoms with Crippen LogP contribution < -0.4 is 10.2 Å². The SMILES string of the molecule is CCC(C)(C)NC(=O)C(c1cccs1)N(C(=O)c1csnn1)c1ccccc1F. The molecule has 3 rings (SSSR count). The first-order chi connectivity index (χ1) is 13.8. The molecule has 2 amide bonds. The number of amides is 2. The van der Waals surface area contributed by atoms with Gasteiger partial charge in [0.15, 0.2) is 11.7 Å². The number of thiophene rings is 1. The van der Waals surface area contributed by atoms with E-state index in [9.17, 15) is 14.0 Å². The molecule has 1 unspecified atom stereocenters. The van der Waals surface area contributed by atoms with Crippen LogP contribution >= 0.6 is 22.9 Å². The number of nitrogens with zero attached hydrogens (tertiary/aromatic N) is 3. The average molecular weight is 433 g/mol. The second-order valence-electron chi connectivity index (χ2n) is 7.06. The van der Waals surface area contributed by atoms with E-state index in [1.54, 1.807) is 18.2 Å². The standard InChI is InChI=1S/C20H21FN4O2S2/c1-4-20(2,3)22-18(26)17(16-10-7-11-28-16)25(15-9-6-5-8-13(15)21)19(27)14-12-29-24-23-14/h5-12,17H,4H2,1-3H3,(H,22,26). The van der Waals surface area contributed by atoms with E-state index in [4.69, 9.17) is 0 Å². The van der Waals surface area contributed by atoms with Crippen LogP contribution in [0, 0.1) is 5.82 Å². The lowest BCUT2D eigenvalue weighted by Crippen LogP contribution is -2.50. The third kappa shape index (κ3) is 4.68. The molecule has 29 heavy (non-hydrogen) atoms. The Morgan fingerprint density at radius 3 is 2.59 bits per heavy atom. The molecule has 0 aliphatic carbocycles. The number of carbonyl (C=O) groups is 2. The number of nitrogens with one attached hydrogen (secondary N) is 1. The number of halogens is 1. The summed E-state index contributed by atoms with van der Waals surface area (Å²) in [5.74, 6) is -1.58. The van der Waals surface area contributed by atoms with Crippen molar-refractivity contribution in [2.24, 2.45) is 0 Å². The van der Waals surface area contributed by atoms with E-state index < -0.39 is 23.3 Å². The molecular weight excluding hydrogens is 411 g/mol. The quantitative estimate of drug-likeness (QED) is 0.599. The van der Waals surface area contributed by atoms with Gasteiger partial charge in [-0.05, 0) is 55.4 Å². The zero-order valence-electron chi connectivity index (χ0n) is 16.3. The molecule has 0 bridgehead atoms. The fourth-order valence-corrected chi connectivity index (χ4v) is 3.95. The second-order valence-corrected chi connectivity index (χ2v) is 8.65. The predicted molar refractivity (Wildman–Crippen MR) is 113 cm³/mol. The number of hydrogen-bond donors (Lipinski definition) is 1. The van der Waals surface area contributed by atoms with Gasteiger partial charge in [-0.15, -0.1) is 16.4 Å². The fourth-order valence-electron chi connectivity index (χ4n) is 2.70. The first-order valence-corrected chi connectivity index (χ1v) is 10.8. The van der Waals surface area contributed by atoms with Crippen LogP contribution in [0.3, 0.4) is 0 Å². The van der Waals surface area contributed by atoms with E-state index in [-0.39, 0.29) is 17.3 Å². The molecule has 1 N–H and O–H groups in total. The summed E-state index contributed by atoms with van der Waals surface area (Å²) in [4.78, 5) is 28.5. The molecule has 0 aliphatic heterocycles. The Labute approximate surface area is 176 Å². The smallest absolute Gasteiger partial charge is 0.280 e. The number of aromatic nitrogens is 2. The van der Waals surface area contributed by atoms with Gasteiger partial charge in [-0.3, -0.25) is 14.5 Å². The monoisotopic (exact) mass is 432 g/mol. The molecule has 2 aromatic heterocycles. The topological polar surface area (TPSA) is 75.2 Å². The van der Waals surface area contributed by atoms with Crippen molar-refractivity contribution in [1.82, 2.24) is 14.9 Å². The first kappa shape index (κ1) is 21.1. The zero-order valence-corrected chi connectivity index (χ0v) is 17.9. The maximum atomic E-state index is 14.8. The number of rotatable bonds is 7. The highest BCUT2D eigenvalue weighted by Crippen LogP contribution is 2.34. The summed E-state index contributed by atoms with van der Waals surface area (Å²) in [6.07, 6.45) is 0.694. The number of para-hydroxylation sites is 1. The van der Waals surface area contributed by atoms with Gasteiger partial charge in [0, 0.05) is 15.8 Å². The zero-order chi connectivity index (χ0) is 21.0. The molecule has 2 heterocycles. The molecule has 1 aromatic carbocycles. The molecular formula is C20H21FN4O2S2. The van der Waals surface area contributed by atoms with E-state index in [1.807, 2.05) is 26.2 Å². The van der Waals surface area contributed by atoms with Gasteiger partial charge in [0.1, 0.15) is 5.82 Å². The highest BCUT2D eigenvalue weighted by Gasteiger charge is 2.37. The van der Waals surface area contributed by atoms with E-state index >= 15 is 0 Å². The van der Waals surface area contributed by atoms with Gasteiger partial charge >= 0.3 is 0 Å². The predicted octanol–water partition coefficient (Wildman–Crippen LogP) is 4.43. The molecule has 152 valence electrons. The molecule has 6 nitrogen and oxygen atoms in total. The lowest BCUT2D eigenvalue weighted by molar-refractivity contribution is -0.124. The fraction of sp³-hybridized carbons (Fsp3) is 0.300.